The van der Waals surface area contributed by atoms with Gasteiger partial charge in [-0.3, -0.25) is 4.79 Å². The molecule has 0 aliphatic rings. The van der Waals surface area contributed by atoms with Crippen molar-refractivity contribution in [1.82, 2.24) is 19.9 Å². The van der Waals surface area contributed by atoms with Crippen LogP contribution in [-0.2, 0) is 0 Å². The molecule has 3 aromatic rings. The normalized spacial score (nSPS) is 11.3. The van der Waals surface area contributed by atoms with E-state index in [0.717, 1.165) is 0 Å². The number of amides is 1. The third-order valence-corrected chi connectivity index (χ3v) is 3.62. The smallest absolute Gasteiger partial charge is 0.251 e. The minimum absolute atomic E-state index is 0.182. The van der Waals surface area contributed by atoms with Crippen molar-refractivity contribution in [2.24, 2.45) is 5.92 Å². The van der Waals surface area contributed by atoms with Crippen molar-refractivity contribution < 1.29 is 9.21 Å². The summed E-state index contributed by atoms with van der Waals surface area (Å²) >= 11 is 3.24. The highest BCUT2D eigenvalue weighted by Gasteiger charge is 2.15. The molecule has 3 rings (SSSR count). The van der Waals surface area contributed by atoms with Gasteiger partial charge in [0, 0.05) is 12.1 Å². The number of fused-ring (bicyclic) bond motifs is 1. The van der Waals surface area contributed by atoms with Gasteiger partial charge in [-0.2, -0.15) is 4.52 Å². The molecule has 0 atom stereocenters. The zero-order valence-electron chi connectivity index (χ0n) is 12.7. The number of pyridine rings is 1. The summed E-state index contributed by atoms with van der Waals surface area (Å²) in [6.07, 6.45) is 0. The Morgan fingerprint density at radius 1 is 1.43 bits per heavy atom. The van der Waals surface area contributed by atoms with Gasteiger partial charge in [-0.05, 0) is 46.1 Å². The first-order valence-corrected chi connectivity index (χ1v) is 7.93. The molecule has 0 radical (unpaired) electrons. The predicted octanol–water partition coefficient (Wildman–Crippen LogP) is 2.72. The Kier molecular flexibility index (Phi) is 4.08. The monoisotopic (exact) mass is 377 g/mol. The quantitative estimate of drug-likeness (QED) is 0.728. The summed E-state index contributed by atoms with van der Waals surface area (Å²) in [5, 5.41) is 7.16. The number of halogens is 1. The molecule has 0 saturated heterocycles. The van der Waals surface area contributed by atoms with Crippen LogP contribution >= 0.6 is 15.9 Å². The fourth-order valence-corrected chi connectivity index (χ4v) is 2.38. The molecular formula is C15H16BrN5O2. The van der Waals surface area contributed by atoms with Crippen LogP contribution in [0.3, 0.4) is 0 Å². The minimum atomic E-state index is -0.182. The zero-order chi connectivity index (χ0) is 16.6. The van der Waals surface area contributed by atoms with E-state index < -0.39 is 0 Å². The molecular weight excluding hydrogens is 362 g/mol. The summed E-state index contributed by atoms with van der Waals surface area (Å²) in [6, 6.07) is 6.75. The molecule has 8 heteroatoms. The van der Waals surface area contributed by atoms with Gasteiger partial charge in [0.2, 0.25) is 5.82 Å². The van der Waals surface area contributed by atoms with Gasteiger partial charge >= 0.3 is 0 Å². The summed E-state index contributed by atoms with van der Waals surface area (Å²) < 4.78 is 7.51. The van der Waals surface area contributed by atoms with Crippen LogP contribution < -0.4 is 11.1 Å². The highest BCUT2D eigenvalue weighted by Crippen LogP contribution is 2.24. The van der Waals surface area contributed by atoms with Crippen molar-refractivity contribution in [2.45, 2.75) is 13.8 Å². The molecule has 120 valence electrons. The van der Waals surface area contributed by atoms with Crippen molar-refractivity contribution >= 4 is 33.3 Å². The van der Waals surface area contributed by atoms with Gasteiger partial charge < -0.3 is 15.5 Å². The van der Waals surface area contributed by atoms with Crippen LogP contribution in [0.25, 0.3) is 17.2 Å². The number of nitrogens with two attached hydrogens (primary N) is 1. The Morgan fingerprint density at radius 2 is 2.22 bits per heavy atom. The van der Waals surface area contributed by atoms with E-state index in [-0.39, 0.29) is 5.91 Å². The van der Waals surface area contributed by atoms with E-state index in [1.165, 1.54) is 4.52 Å². The van der Waals surface area contributed by atoms with E-state index in [2.05, 4.69) is 31.3 Å². The Bertz CT molecular complexity index is 868. The average molecular weight is 378 g/mol. The summed E-state index contributed by atoms with van der Waals surface area (Å²) in [4.78, 5) is 16.5. The largest absolute Gasteiger partial charge is 0.446 e. The van der Waals surface area contributed by atoms with Crippen LogP contribution in [-0.4, -0.2) is 27.0 Å². The molecule has 3 N–H and O–H groups in total. The van der Waals surface area contributed by atoms with Crippen molar-refractivity contribution in [2.75, 3.05) is 12.3 Å². The van der Waals surface area contributed by atoms with E-state index in [4.69, 9.17) is 10.2 Å². The van der Waals surface area contributed by atoms with E-state index >= 15 is 0 Å². The molecule has 0 spiro atoms. The highest BCUT2D eigenvalue weighted by molar-refractivity contribution is 9.10. The molecule has 0 aliphatic carbocycles. The van der Waals surface area contributed by atoms with Crippen LogP contribution in [0.2, 0.25) is 0 Å². The van der Waals surface area contributed by atoms with Crippen LogP contribution in [0.4, 0.5) is 5.82 Å². The van der Waals surface area contributed by atoms with Crippen LogP contribution in [0, 0.1) is 5.92 Å². The number of hydrogen-bond acceptors (Lipinski definition) is 5. The first-order valence-electron chi connectivity index (χ1n) is 7.14. The SMILES string of the molecule is CC(C)CNC(=O)c1cc(N)n2nc(-c3ccc(Br)o3)nc2c1. The molecule has 3 aromatic heterocycles. The summed E-state index contributed by atoms with van der Waals surface area (Å²) in [5.74, 6) is 1.45. The second-order valence-corrected chi connectivity index (χ2v) is 6.36. The molecule has 0 fully saturated rings. The Balaban J connectivity index is 1.96. The van der Waals surface area contributed by atoms with Gasteiger partial charge in [-0.15, -0.1) is 5.10 Å². The third-order valence-electron chi connectivity index (χ3n) is 3.19. The maximum absolute atomic E-state index is 12.2. The molecule has 1 amide bonds. The van der Waals surface area contributed by atoms with Crippen LogP contribution in [0.5, 0.6) is 0 Å². The average Bonchev–Trinajstić information content (AvgIpc) is 3.10. The van der Waals surface area contributed by atoms with E-state index in [9.17, 15) is 4.79 Å². The molecule has 0 unspecified atom stereocenters. The molecule has 7 nitrogen and oxygen atoms in total. The zero-order valence-corrected chi connectivity index (χ0v) is 14.3. The molecule has 3 heterocycles. The number of nitrogens with zero attached hydrogens (tertiary/aromatic N) is 3. The number of furan rings is 1. The summed E-state index contributed by atoms with van der Waals surface area (Å²) in [7, 11) is 0. The predicted molar refractivity (Wildman–Crippen MR) is 90.0 cm³/mol. The number of rotatable bonds is 4. The summed E-state index contributed by atoms with van der Waals surface area (Å²) in [6.45, 7) is 4.66. The molecule has 0 bridgehead atoms. The van der Waals surface area contributed by atoms with Gasteiger partial charge in [0.1, 0.15) is 5.82 Å². The standard InChI is InChI=1S/C15H16BrN5O2/c1-8(2)7-18-15(22)9-5-12(17)21-13(6-9)19-14(20-21)10-3-4-11(16)23-10/h3-6,8H,7,17H2,1-2H3,(H,18,22). The highest BCUT2D eigenvalue weighted by atomic mass is 79.9. The fraction of sp³-hybridized carbons (Fsp3) is 0.267. The Hall–Kier alpha value is -2.35. The molecule has 0 saturated carbocycles. The number of nitrogens with one attached hydrogen (secondary N) is 1. The Labute approximate surface area is 141 Å². The maximum Gasteiger partial charge on any atom is 0.251 e. The lowest BCUT2D eigenvalue weighted by molar-refractivity contribution is 0.0949. The first kappa shape index (κ1) is 15.5. The topological polar surface area (TPSA) is 98.5 Å². The second kappa shape index (κ2) is 6.04. The minimum Gasteiger partial charge on any atom is -0.446 e. The lowest BCUT2D eigenvalue weighted by atomic mass is 10.2. The molecule has 0 aliphatic heterocycles. The van der Waals surface area contributed by atoms with Crippen LogP contribution in [0.1, 0.15) is 24.2 Å². The van der Waals surface area contributed by atoms with E-state index in [0.29, 0.717) is 45.7 Å². The Morgan fingerprint density at radius 3 is 2.87 bits per heavy atom. The number of carbonyl (C=O) groups excluding carboxylic acids is 1. The number of aromatic nitrogens is 3. The van der Waals surface area contributed by atoms with Gasteiger partial charge in [0.05, 0.1) is 0 Å². The number of hydrogen-bond donors (Lipinski definition) is 2. The van der Waals surface area contributed by atoms with Crippen molar-refractivity contribution in [3.8, 4) is 11.6 Å². The first-order chi connectivity index (χ1) is 10.9. The van der Waals surface area contributed by atoms with E-state index in [1.54, 1.807) is 24.3 Å². The number of nitrogen functional groups attached to an aromatic ring is 1. The van der Waals surface area contributed by atoms with E-state index in [1.807, 2.05) is 13.8 Å². The van der Waals surface area contributed by atoms with Crippen molar-refractivity contribution in [3.05, 3.63) is 34.5 Å². The van der Waals surface area contributed by atoms with Gasteiger partial charge in [0.25, 0.3) is 5.91 Å². The lowest BCUT2D eigenvalue weighted by Gasteiger charge is -2.08. The molecule has 23 heavy (non-hydrogen) atoms. The lowest BCUT2D eigenvalue weighted by Crippen LogP contribution is -2.27. The van der Waals surface area contributed by atoms with Crippen molar-refractivity contribution in [3.63, 3.8) is 0 Å². The van der Waals surface area contributed by atoms with Gasteiger partial charge in [-0.25, -0.2) is 4.98 Å². The number of carbonyl (C=O) groups is 1. The van der Waals surface area contributed by atoms with Crippen LogP contribution in [0.15, 0.2) is 33.4 Å². The second-order valence-electron chi connectivity index (χ2n) is 5.58. The summed E-state index contributed by atoms with van der Waals surface area (Å²) in [5.41, 5.74) is 6.93. The van der Waals surface area contributed by atoms with Gasteiger partial charge in [-0.1, -0.05) is 13.8 Å². The maximum atomic E-state index is 12.2. The number of anilines is 1. The van der Waals surface area contributed by atoms with Gasteiger partial charge in [0.15, 0.2) is 16.1 Å². The molecule has 0 aromatic carbocycles. The third kappa shape index (κ3) is 3.21. The fourth-order valence-electron chi connectivity index (χ4n) is 2.08. The van der Waals surface area contributed by atoms with Crippen molar-refractivity contribution in [1.29, 1.82) is 0 Å².